The van der Waals surface area contributed by atoms with E-state index in [1.807, 2.05) is 0 Å². The first-order valence-electron chi connectivity index (χ1n) is 30.8. The van der Waals surface area contributed by atoms with Gasteiger partial charge in [-0.2, -0.15) is 0 Å². The lowest BCUT2D eigenvalue weighted by Crippen LogP contribution is -2.30. The predicted molar refractivity (Wildman–Crippen MR) is 329 cm³/mol. The van der Waals surface area contributed by atoms with Crippen LogP contribution in [0.3, 0.4) is 0 Å². The number of carbonyl (C=O) groups excluding carboxylic acids is 3. The van der Waals surface area contributed by atoms with E-state index in [0.717, 1.165) is 128 Å². The molecule has 0 saturated heterocycles. The SMILES string of the molecule is CC/C=C\C/C=C\C/C=C\C/C=C\C/C=C\C/C=C\C/C=C\C/C=C\C/C=C\C/C=C\CCCCC(=O)OCC(COC(=O)CCCCCCCCC)OC(=O)CCCCCCCCC/C=C\C/C=C\CCCCCC. The van der Waals surface area contributed by atoms with Crippen molar-refractivity contribution >= 4 is 17.9 Å². The van der Waals surface area contributed by atoms with Gasteiger partial charge in [-0.25, -0.2) is 0 Å². The second-order valence-electron chi connectivity index (χ2n) is 19.9. The number of hydrogen-bond acceptors (Lipinski definition) is 6. The molecular weight excluding hydrogens is 937 g/mol. The summed E-state index contributed by atoms with van der Waals surface area (Å²) in [7, 11) is 0. The van der Waals surface area contributed by atoms with Crippen molar-refractivity contribution < 1.29 is 28.6 Å². The number of ether oxygens (including phenoxy) is 3. The van der Waals surface area contributed by atoms with Gasteiger partial charge in [0.1, 0.15) is 13.2 Å². The minimum Gasteiger partial charge on any atom is -0.462 e. The highest BCUT2D eigenvalue weighted by Crippen LogP contribution is 2.14. The van der Waals surface area contributed by atoms with E-state index in [-0.39, 0.29) is 31.1 Å². The monoisotopic (exact) mass is 1050 g/mol. The summed E-state index contributed by atoms with van der Waals surface area (Å²) in [5.41, 5.74) is 0. The van der Waals surface area contributed by atoms with Gasteiger partial charge in [-0.15, -0.1) is 0 Å². The van der Waals surface area contributed by atoms with E-state index in [2.05, 4.69) is 167 Å². The Hall–Kier alpha value is -4.71. The van der Waals surface area contributed by atoms with Crippen LogP contribution in [0.25, 0.3) is 0 Å². The number of esters is 3. The first kappa shape index (κ1) is 71.3. The molecule has 0 rings (SSSR count). The molecule has 1 unspecified atom stereocenters. The molecule has 428 valence electrons. The van der Waals surface area contributed by atoms with Gasteiger partial charge < -0.3 is 14.2 Å². The van der Waals surface area contributed by atoms with E-state index in [4.69, 9.17) is 14.2 Å². The summed E-state index contributed by atoms with van der Waals surface area (Å²) in [5.74, 6) is -0.963. The number of hydrogen-bond donors (Lipinski definition) is 0. The summed E-state index contributed by atoms with van der Waals surface area (Å²) in [4.78, 5) is 38.0. The Balaban J connectivity index is 4.27. The van der Waals surface area contributed by atoms with Crippen molar-refractivity contribution in [3.05, 3.63) is 146 Å². The maximum Gasteiger partial charge on any atom is 0.306 e. The van der Waals surface area contributed by atoms with E-state index in [1.165, 1.54) is 83.5 Å². The van der Waals surface area contributed by atoms with Crippen LogP contribution in [0.1, 0.15) is 258 Å². The molecule has 0 N–H and O–H groups in total. The van der Waals surface area contributed by atoms with Crippen LogP contribution in [0, 0.1) is 0 Å². The summed E-state index contributed by atoms with van der Waals surface area (Å²) in [5, 5.41) is 0. The van der Waals surface area contributed by atoms with E-state index < -0.39 is 6.10 Å². The van der Waals surface area contributed by atoms with Crippen LogP contribution in [0.2, 0.25) is 0 Å². The van der Waals surface area contributed by atoms with Gasteiger partial charge in [0.2, 0.25) is 0 Å². The highest BCUT2D eigenvalue weighted by molar-refractivity contribution is 5.71. The summed E-state index contributed by atoms with van der Waals surface area (Å²) < 4.78 is 16.8. The molecule has 0 amide bonds. The number of allylic oxidation sites excluding steroid dienone is 24. The number of unbranched alkanes of at least 4 members (excludes halogenated alkanes) is 19. The van der Waals surface area contributed by atoms with E-state index in [1.54, 1.807) is 0 Å². The normalized spacial score (nSPS) is 13.1. The molecule has 0 radical (unpaired) electrons. The molecule has 0 aromatic heterocycles. The van der Waals surface area contributed by atoms with Crippen molar-refractivity contribution in [2.45, 2.75) is 264 Å². The Kier molecular flexibility index (Phi) is 58.9. The molecule has 1 atom stereocenters. The zero-order valence-corrected chi connectivity index (χ0v) is 49.0. The van der Waals surface area contributed by atoms with Crippen LogP contribution in [-0.4, -0.2) is 37.2 Å². The standard InChI is InChI=1S/C70H112O6/c1-4-7-10-13-16-18-20-22-24-26-28-29-30-31-32-33-34-35-36-37-38-39-40-41-42-44-45-47-49-51-54-57-60-63-69(72)75-66-67(65-74-68(71)62-59-56-53-15-12-9-6-3)76-70(73)64-61-58-55-52-50-48-46-43-27-25-23-21-19-17-14-11-8-5-2/h7,10,16,18-19,21-22,24-25,27-29,31-32,34-35,37-38,40-41,44-45,49,51,67H,4-6,8-9,11-15,17,20,23,26,30,33,36,39,42-43,46-48,50,52-66H2,1-3H3/b10-7-,18-16-,21-19-,24-22-,27-25-,29-28-,32-31-,35-34-,38-37-,41-40-,45-44-,51-49-. The van der Waals surface area contributed by atoms with Crippen LogP contribution in [-0.2, 0) is 28.6 Å². The van der Waals surface area contributed by atoms with Crippen LogP contribution in [0.15, 0.2) is 146 Å². The van der Waals surface area contributed by atoms with Gasteiger partial charge in [0.15, 0.2) is 6.10 Å². The topological polar surface area (TPSA) is 78.9 Å². The summed E-state index contributed by atoms with van der Waals surface area (Å²) >= 11 is 0. The Bertz CT molecular complexity index is 1680. The first-order chi connectivity index (χ1) is 37.5. The molecule has 0 fully saturated rings. The second-order valence-corrected chi connectivity index (χ2v) is 19.9. The van der Waals surface area contributed by atoms with Gasteiger partial charge >= 0.3 is 17.9 Å². The Morgan fingerprint density at radius 1 is 0.276 bits per heavy atom. The lowest BCUT2D eigenvalue weighted by molar-refractivity contribution is -0.167. The third-order valence-corrected chi connectivity index (χ3v) is 12.6. The van der Waals surface area contributed by atoms with Crippen LogP contribution >= 0.6 is 0 Å². The van der Waals surface area contributed by atoms with Crippen molar-refractivity contribution in [3.63, 3.8) is 0 Å². The maximum absolute atomic E-state index is 12.8. The number of carbonyl (C=O) groups is 3. The van der Waals surface area contributed by atoms with Gasteiger partial charge in [0.05, 0.1) is 0 Å². The molecule has 0 aliphatic carbocycles. The zero-order valence-electron chi connectivity index (χ0n) is 49.0. The minimum absolute atomic E-state index is 0.0987. The lowest BCUT2D eigenvalue weighted by Gasteiger charge is -2.18. The molecule has 0 aliphatic rings. The summed E-state index contributed by atoms with van der Waals surface area (Å²) in [6, 6.07) is 0. The van der Waals surface area contributed by atoms with E-state index >= 15 is 0 Å². The fraction of sp³-hybridized carbons (Fsp3) is 0.614. The van der Waals surface area contributed by atoms with Crippen molar-refractivity contribution in [2.24, 2.45) is 0 Å². The molecular formula is C70H112O6. The Morgan fingerprint density at radius 3 is 0.842 bits per heavy atom. The minimum atomic E-state index is -0.803. The van der Waals surface area contributed by atoms with Gasteiger partial charge in [0, 0.05) is 19.3 Å². The summed E-state index contributed by atoms with van der Waals surface area (Å²) in [6.07, 6.45) is 90.1. The largest absolute Gasteiger partial charge is 0.462 e. The molecule has 0 bridgehead atoms. The third kappa shape index (κ3) is 60.2. The van der Waals surface area contributed by atoms with Crippen LogP contribution in [0.4, 0.5) is 0 Å². The lowest BCUT2D eigenvalue weighted by atomic mass is 10.1. The van der Waals surface area contributed by atoms with Crippen molar-refractivity contribution in [1.29, 1.82) is 0 Å². The fourth-order valence-corrected chi connectivity index (χ4v) is 7.97. The molecule has 6 nitrogen and oxygen atoms in total. The highest BCUT2D eigenvalue weighted by atomic mass is 16.6. The molecule has 0 spiro atoms. The van der Waals surface area contributed by atoms with Crippen molar-refractivity contribution in [3.8, 4) is 0 Å². The van der Waals surface area contributed by atoms with Gasteiger partial charge in [-0.05, 0) is 128 Å². The highest BCUT2D eigenvalue weighted by Gasteiger charge is 2.19. The Labute approximate surface area is 467 Å². The average molecular weight is 1050 g/mol. The van der Waals surface area contributed by atoms with Gasteiger partial charge in [0.25, 0.3) is 0 Å². The first-order valence-corrected chi connectivity index (χ1v) is 30.8. The molecule has 0 aliphatic heterocycles. The molecule has 0 aromatic rings. The zero-order chi connectivity index (χ0) is 55.0. The molecule has 6 heteroatoms. The maximum atomic E-state index is 12.8. The second kappa shape index (κ2) is 62.8. The number of rotatable bonds is 54. The van der Waals surface area contributed by atoms with Gasteiger partial charge in [-0.3, -0.25) is 14.4 Å². The fourth-order valence-electron chi connectivity index (χ4n) is 7.97. The van der Waals surface area contributed by atoms with Crippen molar-refractivity contribution in [1.82, 2.24) is 0 Å². The average Bonchev–Trinajstić information content (AvgIpc) is 3.42. The molecule has 0 saturated carbocycles. The summed E-state index contributed by atoms with van der Waals surface area (Å²) in [6.45, 7) is 6.41. The van der Waals surface area contributed by atoms with Crippen LogP contribution in [0.5, 0.6) is 0 Å². The quantitative estimate of drug-likeness (QED) is 0.0261. The third-order valence-electron chi connectivity index (χ3n) is 12.6. The van der Waals surface area contributed by atoms with Crippen molar-refractivity contribution in [2.75, 3.05) is 13.2 Å². The van der Waals surface area contributed by atoms with Gasteiger partial charge in [-0.1, -0.05) is 256 Å². The van der Waals surface area contributed by atoms with E-state index in [9.17, 15) is 14.4 Å². The molecule has 76 heavy (non-hydrogen) atoms. The van der Waals surface area contributed by atoms with Crippen LogP contribution < -0.4 is 0 Å². The predicted octanol–water partition coefficient (Wildman–Crippen LogP) is 21.2. The molecule has 0 heterocycles. The Morgan fingerprint density at radius 2 is 0.513 bits per heavy atom. The smallest absolute Gasteiger partial charge is 0.306 e. The van der Waals surface area contributed by atoms with E-state index in [0.29, 0.717) is 25.7 Å². The molecule has 0 aromatic carbocycles.